The predicted molar refractivity (Wildman–Crippen MR) is 77.9 cm³/mol. The van der Waals surface area contributed by atoms with Crippen molar-refractivity contribution in [1.82, 2.24) is 9.97 Å². The number of ketones is 1. The number of aromatic nitrogens is 2. The number of hydrogen-bond donors (Lipinski definition) is 1. The first-order valence-corrected chi connectivity index (χ1v) is 6.80. The van der Waals surface area contributed by atoms with Crippen LogP contribution in [-0.4, -0.2) is 39.8 Å². The summed E-state index contributed by atoms with van der Waals surface area (Å²) >= 11 is 0. The Morgan fingerprint density at radius 2 is 2.00 bits per heavy atom. The molecule has 0 radical (unpaired) electrons. The van der Waals surface area contributed by atoms with Gasteiger partial charge in [0.05, 0.1) is 4.79 Å². The summed E-state index contributed by atoms with van der Waals surface area (Å²) < 4.78 is 13.0. The monoisotopic (exact) mass is 318 g/mol. The van der Waals surface area contributed by atoms with Crippen molar-refractivity contribution in [1.29, 1.82) is 0 Å². The Bertz CT molecular complexity index is 813. The SMILES string of the molecule is CN1C(=O)C(Cc2ccc(F)cc2)C(=O)c2[nH]c(C(=O)[OH2+])nc21. The first-order chi connectivity index (χ1) is 10.9. The molecule has 1 aliphatic heterocycles. The molecular formula is C15H13FN3O4+. The van der Waals surface area contributed by atoms with Gasteiger partial charge in [-0.2, -0.15) is 4.98 Å². The molecule has 1 unspecified atom stereocenters. The fourth-order valence-corrected chi connectivity index (χ4v) is 2.55. The van der Waals surface area contributed by atoms with Crippen LogP contribution in [-0.2, 0) is 11.2 Å². The Morgan fingerprint density at radius 3 is 2.61 bits per heavy atom. The summed E-state index contributed by atoms with van der Waals surface area (Å²) in [4.78, 5) is 43.5. The number of benzene rings is 1. The molecule has 1 amide bonds. The van der Waals surface area contributed by atoms with E-state index in [9.17, 15) is 18.8 Å². The number of nitrogens with zero attached hydrogens (tertiary/aromatic N) is 2. The maximum Gasteiger partial charge on any atom is 0.585 e. The summed E-state index contributed by atoms with van der Waals surface area (Å²) in [5, 5.41) is 7.05. The molecule has 2 aromatic rings. The van der Waals surface area contributed by atoms with Crippen LogP contribution in [0.15, 0.2) is 24.3 Å². The highest BCUT2D eigenvalue weighted by atomic mass is 19.1. The quantitative estimate of drug-likeness (QED) is 0.654. The summed E-state index contributed by atoms with van der Waals surface area (Å²) in [6.45, 7) is 0. The number of Topliss-reactive ketones (excluding diaryl/α,β-unsaturated/α-hetero) is 1. The molecule has 3 rings (SSSR count). The van der Waals surface area contributed by atoms with E-state index in [4.69, 9.17) is 5.11 Å². The topological polar surface area (TPSA) is 106 Å². The van der Waals surface area contributed by atoms with E-state index in [2.05, 4.69) is 9.97 Å². The number of amides is 1. The van der Waals surface area contributed by atoms with Crippen LogP contribution < -0.4 is 4.90 Å². The third-order valence-electron chi connectivity index (χ3n) is 3.76. The molecule has 1 aromatic carbocycles. The fraction of sp³-hybridized carbons (Fsp3) is 0.200. The van der Waals surface area contributed by atoms with Gasteiger partial charge in [-0.05, 0) is 24.1 Å². The Kier molecular flexibility index (Phi) is 3.44. The number of carbonyl (C=O) groups is 3. The molecule has 118 valence electrons. The van der Waals surface area contributed by atoms with Crippen molar-refractivity contribution in [2.45, 2.75) is 6.42 Å². The highest BCUT2D eigenvalue weighted by Crippen LogP contribution is 2.29. The van der Waals surface area contributed by atoms with Crippen molar-refractivity contribution >= 4 is 23.5 Å². The zero-order valence-corrected chi connectivity index (χ0v) is 12.1. The highest BCUT2D eigenvalue weighted by Gasteiger charge is 2.41. The third kappa shape index (κ3) is 2.48. The second-order valence-electron chi connectivity index (χ2n) is 5.26. The minimum absolute atomic E-state index is 0.0369. The maximum absolute atomic E-state index is 13.0. The predicted octanol–water partition coefficient (Wildman–Crippen LogP) is 0.432. The van der Waals surface area contributed by atoms with Gasteiger partial charge in [0, 0.05) is 7.05 Å². The van der Waals surface area contributed by atoms with Crippen LogP contribution >= 0.6 is 0 Å². The van der Waals surface area contributed by atoms with Crippen LogP contribution in [0.4, 0.5) is 10.2 Å². The number of aromatic amines is 1. The summed E-state index contributed by atoms with van der Waals surface area (Å²) in [6.07, 6.45) is 0.116. The zero-order chi connectivity index (χ0) is 16.7. The maximum atomic E-state index is 13.0. The first kappa shape index (κ1) is 14.9. The largest absolute Gasteiger partial charge is 0.585 e. The second-order valence-corrected chi connectivity index (χ2v) is 5.26. The minimum Gasteiger partial charge on any atom is -0.559 e. The summed E-state index contributed by atoms with van der Waals surface area (Å²) in [7, 11) is 1.45. The van der Waals surface area contributed by atoms with E-state index in [-0.39, 0.29) is 23.8 Å². The summed E-state index contributed by atoms with van der Waals surface area (Å²) in [5.74, 6) is -3.64. The van der Waals surface area contributed by atoms with Crippen LogP contribution in [0.2, 0.25) is 0 Å². The molecule has 0 aliphatic carbocycles. The van der Waals surface area contributed by atoms with Gasteiger partial charge in [0.25, 0.3) is 5.82 Å². The number of halogens is 1. The molecule has 1 aliphatic rings. The van der Waals surface area contributed by atoms with Gasteiger partial charge < -0.3 is 10.1 Å². The number of imidazole rings is 1. The molecule has 0 spiro atoms. The number of anilines is 1. The smallest absolute Gasteiger partial charge is 0.559 e. The Balaban J connectivity index is 1.96. The van der Waals surface area contributed by atoms with Gasteiger partial charge >= 0.3 is 5.97 Å². The Hall–Kier alpha value is -3.03. The summed E-state index contributed by atoms with van der Waals surface area (Å²) in [5.41, 5.74) is 0.682. The van der Waals surface area contributed by atoms with Crippen LogP contribution in [0.3, 0.4) is 0 Å². The van der Waals surface area contributed by atoms with E-state index >= 15 is 0 Å². The zero-order valence-electron chi connectivity index (χ0n) is 12.1. The number of carbonyl (C=O) groups excluding carboxylic acids is 3. The number of H-pyrrole nitrogens is 1. The van der Waals surface area contributed by atoms with Crippen LogP contribution in [0, 0.1) is 11.7 Å². The van der Waals surface area contributed by atoms with Gasteiger partial charge in [0.2, 0.25) is 5.91 Å². The molecule has 2 heterocycles. The van der Waals surface area contributed by atoms with E-state index in [0.29, 0.717) is 5.56 Å². The molecule has 1 atom stereocenters. The van der Waals surface area contributed by atoms with Crippen molar-refractivity contribution in [3.05, 3.63) is 47.2 Å². The lowest BCUT2D eigenvalue weighted by Crippen LogP contribution is -2.43. The van der Waals surface area contributed by atoms with Gasteiger partial charge in [-0.3, -0.25) is 14.5 Å². The Labute approximate surface area is 129 Å². The van der Waals surface area contributed by atoms with E-state index in [1.165, 1.54) is 36.2 Å². The van der Waals surface area contributed by atoms with Gasteiger partial charge in [-0.15, -0.1) is 0 Å². The average molecular weight is 318 g/mol. The van der Waals surface area contributed by atoms with Crippen LogP contribution in [0.5, 0.6) is 0 Å². The molecule has 0 bridgehead atoms. The number of fused-ring (bicyclic) bond motifs is 1. The molecule has 3 N–H and O–H groups in total. The molecule has 7 nitrogen and oxygen atoms in total. The molecule has 0 saturated heterocycles. The van der Waals surface area contributed by atoms with Crippen molar-refractivity contribution in [2.75, 3.05) is 11.9 Å². The van der Waals surface area contributed by atoms with Crippen LogP contribution in [0.1, 0.15) is 26.7 Å². The van der Waals surface area contributed by atoms with Crippen molar-refractivity contribution in [3.63, 3.8) is 0 Å². The normalized spacial score (nSPS) is 17.3. The van der Waals surface area contributed by atoms with Gasteiger partial charge in [-0.1, -0.05) is 12.1 Å². The van der Waals surface area contributed by atoms with Crippen molar-refractivity contribution in [3.8, 4) is 0 Å². The van der Waals surface area contributed by atoms with Gasteiger partial charge in [0.1, 0.15) is 17.4 Å². The molecule has 8 heteroatoms. The molecule has 0 fully saturated rings. The highest BCUT2D eigenvalue weighted by molar-refractivity contribution is 6.20. The van der Waals surface area contributed by atoms with E-state index < -0.39 is 29.4 Å². The van der Waals surface area contributed by atoms with E-state index in [0.717, 1.165) is 0 Å². The summed E-state index contributed by atoms with van der Waals surface area (Å²) in [6, 6.07) is 5.54. The van der Waals surface area contributed by atoms with E-state index in [1.54, 1.807) is 0 Å². The second kappa shape index (κ2) is 5.31. The lowest BCUT2D eigenvalue weighted by atomic mass is 9.89. The lowest BCUT2D eigenvalue weighted by molar-refractivity contribution is -0.121. The first-order valence-electron chi connectivity index (χ1n) is 6.80. The van der Waals surface area contributed by atoms with Gasteiger partial charge in [0.15, 0.2) is 11.6 Å². The number of hydrogen-bond acceptors (Lipinski definition) is 4. The van der Waals surface area contributed by atoms with Crippen molar-refractivity contribution in [2.24, 2.45) is 5.92 Å². The Morgan fingerprint density at radius 1 is 1.35 bits per heavy atom. The number of rotatable bonds is 3. The molecule has 1 aromatic heterocycles. The third-order valence-corrected chi connectivity index (χ3v) is 3.76. The number of nitrogens with one attached hydrogen (secondary N) is 1. The standard InChI is InChI=1S/C15H12FN3O4/c1-19-13-10(17-12(18-13)15(22)23)11(20)9(14(19)21)6-7-2-4-8(16)5-3-7/h2-5,9H,6H2,1H3,(H,17,18)(H,22,23)/p+1. The molecular weight excluding hydrogens is 305 g/mol. The minimum atomic E-state index is -1.07. The van der Waals surface area contributed by atoms with Crippen LogP contribution in [0.25, 0.3) is 0 Å². The molecule has 0 saturated carbocycles. The van der Waals surface area contributed by atoms with Crippen molar-refractivity contribution < 1.29 is 23.9 Å². The molecule has 23 heavy (non-hydrogen) atoms. The van der Waals surface area contributed by atoms with E-state index in [1.807, 2.05) is 0 Å². The average Bonchev–Trinajstić information content (AvgIpc) is 2.97. The lowest BCUT2D eigenvalue weighted by Gasteiger charge is -2.26. The van der Waals surface area contributed by atoms with Gasteiger partial charge in [-0.25, -0.2) is 4.39 Å². The fourth-order valence-electron chi connectivity index (χ4n) is 2.55.